The molecule has 1 amide bonds. The van der Waals surface area contributed by atoms with E-state index in [2.05, 4.69) is 10.1 Å². The zero-order chi connectivity index (χ0) is 17.1. The number of halogens is 1. The van der Waals surface area contributed by atoms with Crippen molar-refractivity contribution in [3.63, 3.8) is 0 Å². The first kappa shape index (κ1) is 16.4. The Kier molecular flexibility index (Phi) is 4.75. The lowest BCUT2D eigenvalue weighted by atomic mass is 10.1. The molecule has 0 N–H and O–H groups in total. The molecule has 0 radical (unpaired) electrons. The van der Waals surface area contributed by atoms with Crippen molar-refractivity contribution in [3.8, 4) is 5.75 Å². The molecule has 128 valence electrons. The van der Waals surface area contributed by atoms with Gasteiger partial charge in [0.05, 0.1) is 20.3 Å². The number of hydrogen-bond donors (Lipinski definition) is 0. The molecule has 0 aliphatic carbocycles. The number of morpholine rings is 1. The molecule has 0 saturated carbocycles. The maximum Gasteiger partial charge on any atom is 0.257 e. The summed E-state index contributed by atoms with van der Waals surface area (Å²) in [6, 6.07) is 4.61. The van der Waals surface area contributed by atoms with Gasteiger partial charge in [-0.1, -0.05) is 11.2 Å². The molecule has 2 heterocycles. The summed E-state index contributed by atoms with van der Waals surface area (Å²) in [5, 5.41) is 3.87. The Labute approximate surface area is 138 Å². The second kappa shape index (κ2) is 6.96. The smallest absolute Gasteiger partial charge is 0.257 e. The topological polar surface area (TPSA) is 77.7 Å². The Bertz CT molecular complexity index is 734. The van der Waals surface area contributed by atoms with Gasteiger partial charge in [-0.15, -0.1) is 0 Å². The number of carbonyl (C=O) groups excluding carboxylic acids is 1. The molecule has 1 aliphatic rings. The SMILES string of the molecule is COc1ccc(Cc2noc([C@@H]3CN(C(C)=O)CCO3)n2)c(F)c1. The van der Waals surface area contributed by atoms with E-state index >= 15 is 0 Å². The molecule has 1 aliphatic heterocycles. The van der Waals surface area contributed by atoms with Crippen LogP contribution in [0.25, 0.3) is 0 Å². The summed E-state index contributed by atoms with van der Waals surface area (Å²) in [5.74, 6) is 0.688. The number of methoxy groups -OCH3 is 1. The van der Waals surface area contributed by atoms with Crippen LogP contribution in [0.15, 0.2) is 22.7 Å². The molecule has 1 aromatic heterocycles. The van der Waals surface area contributed by atoms with Gasteiger partial charge in [0, 0.05) is 26.0 Å². The van der Waals surface area contributed by atoms with Crippen molar-refractivity contribution in [3.05, 3.63) is 41.3 Å². The lowest BCUT2D eigenvalue weighted by Crippen LogP contribution is -2.41. The lowest BCUT2D eigenvalue weighted by Gasteiger charge is -2.30. The zero-order valence-electron chi connectivity index (χ0n) is 13.5. The number of rotatable bonds is 4. The third-order valence-electron chi connectivity index (χ3n) is 3.88. The van der Waals surface area contributed by atoms with Gasteiger partial charge in [0.15, 0.2) is 11.9 Å². The quantitative estimate of drug-likeness (QED) is 0.847. The van der Waals surface area contributed by atoms with Crippen LogP contribution in [-0.2, 0) is 16.0 Å². The number of aromatic nitrogens is 2. The molecule has 7 nitrogen and oxygen atoms in total. The predicted molar refractivity (Wildman–Crippen MR) is 81.0 cm³/mol. The second-order valence-corrected chi connectivity index (χ2v) is 5.51. The molecule has 0 spiro atoms. The van der Waals surface area contributed by atoms with Gasteiger partial charge in [0.1, 0.15) is 11.6 Å². The molecule has 0 bridgehead atoms. The van der Waals surface area contributed by atoms with Crippen LogP contribution < -0.4 is 4.74 Å². The minimum absolute atomic E-state index is 0.0247. The lowest BCUT2D eigenvalue weighted by molar-refractivity contribution is -0.137. The summed E-state index contributed by atoms with van der Waals surface area (Å²) in [6.07, 6.45) is -0.257. The average molecular weight is 335 g/mol. The monoisotopic (exact) mass is 335 g/mol. The van der Waals surface area contributed by atoms with Crippen LogP contribution in [0.4, 0.5) is 4.39 Å². The molecular weight excluding hydrogens is 317 g/mol. The summed E-state index contributed by atoms with van der Waals surface area (Å²) < 4.78 is 29.8. The number of nitrogens with zero attached hydrogens (tertiary/aromatic N) is 3. The highest BCUT2D eigenvalue weighted by Crippen LogP contribution is 2.22. The van der Waals surface area contributed by atoms with E-state index in [1.807, 2.05) is 0 Å². The van der Waals surface area contributed by atoms with Crippen molar-refractivity contribution in [2.45, 2.75) is 19.4 Å². The number of hydrogen-bond acceptors (Lipinski definition) is 6. The van der Waals surface area contributed by atoms with Crippen LogP contribution in [0.5, 0.6) is 5.75 Å². The van der Waals surface area contributed by atoms with Crippen LogP contribution in [0, 0.1) is 5.82 Å². The number of amides is 1. The third-order valence-corrected chi connectivity index (χ3v) is 3.88. The highest BCUT2D eigenvalue weighted by molar-refractivity contribution is 5.73. The van der Waals surface area contributed by atoms with Gasteiger partial charge < -0.3 is 18.9 Å². The van der Waals surface area contributed by atoms with E-state index in [0.717, 1.165) is 0 Å². The summed E-state index contributed by atoms with van der Waals surface area (Å²) >= 11 is 0. The van der Waals surface area contributed by atoms with Crippen molar-refractivity contribution >= 4 is 5.91 Å². The highest BCUT2D eigenvalue weighted by atomic mass is 19.1. The van der Waals surface area contributed by atoms with E-state index in [1.54, 1.807) is 17.0 Å². The Balaban J connectivity index is 1.70. The first-order valence-corrected chi connectivity index (χ1v) is 7.59. The molecule has 1 saturated heterocycles. The average Bonchev–Trinajstić information content (AvgIpc) is 3.05. The van der Waals surface area contributed by atoms with E-state index in [4.69, 9.17) is 14.0 Å². The maximum atomic E-state index is 14.0. The first-order chi connectivity index (χ1) is 11.6. The minimum atomic E-state index is -0.454. The van der Waals surface area contributed by atoms with Crippen LogP contribution in [0.3, 0.4) is 0 Å². The maximum absolute atomic E-state index is 14.0. The summed E-state index contributed by atoms with van der Waals surface area (Å²) in [7, 11) is 1.48. The van der Waals surface area contributed by atoms with Crippen LogP contribution >= 0.6 is 0 Å². The fourth-order valence-corrected chi connectivity index (χ4v) is 2.52. The van der Waals surface area contributed by atoms with Gasteiger partial charge in [0.2, 0.25) is 5.91 Å². The van der Waals surface area contributed by atoms with Crippen molar-refractivity contribution in [2.24, 2.45) is 0 Å². The van der Waals surface area contributed by atoms with Crippen molar-refractivity contribution in [2.75, 3.05) is 26.8 Å². The van der Waals surface area contributed by atoms with Gasteiger partial charge >= 0.3 is 0 Å². The second-order valence-electron chi connectivity index (χ2n) is 5.51. The molecule has 0 unspecified atom stereocenters. The molecular formula is C16H18FN3O4. The number of ether oxygens (including phenoxy) is 2. The van der Waals surface area contributed by atoms with E-state index in [1.165, 1.54) is 20.1 Å². The Morgan fingerprint density at radius 1 is 1.50 bits per heavy atom. The Morgan fingerprint density at radius 2 is 2.33 bits per heavy atom. The predicted octanol–water partition coefficient (Wildman–Crippen LogP) is 1.73. The van der Waals surface area contributed by atoms with Gasteiger partial charge in [-0.3, -0.25) is 4.79 Å². The fraction of sp³-hybridized carbons (Fsp3) is 0.438. The van der Waals surface area contributed by atoms with Crippen LogP contribution in [-0.4, -0.2) is 47.8 Å². The molecule has 1 fully saturated rings. The molecule has 24 heavy (non-hydrogen) atoms. The van der Waals surface area contributed by atoms with Gasteiger partial charge in [-0.05, 0) is 11.6 Å². The van der Waals surface area contributed by atoms with Crippen molar-refractivity contribution in [1.82, 2.24) is 15.0 Å². The van der Waals surface area contributed by atoms with Crippen LogP contribution in [0.1, 0.15) is 30.3 Å². The van der Waals surface area contributed by atoms with Gasteiger partial charge in [-0.2, -0.15) is 4.98 Å². The van der Waals surface area contributed by atoms with E-state index in [0.29, 0.717) is 42.7 Å². The molecule has 8 heteroatoms. The fourth-order valence-electron chi connectivity index (χ4n) is 2.52. The Hall–Kier alpha value is -2.48. The molecule has 1 aromatic carbocycles. The minimum Gasteiger partial charge on any atom is -0.497 e. The largest absolute Gasteiger partial charge is 0.497 e. The van der Waals surface area contributed by atoms with E-state index in [9.17, 15) is 9.18 Å². The molecule has 3 rings (SSSR count). The van der Waals surface area contributed by atoms with E-state index < -0.39 is 11.9 Å². The first-order valence-electron chi connectivity index (χ1n) is 7.59. The van der Waals surface area contributed by atoms with E-state index in [-0.39, 0.29) is 12.3 Å². The Morgan fingerprint density at radius 3 is 3.04 bits per heavy atom. The summed E-state index contributed by atoms with van der Waals surface area (Å²) in [5.41, 5.74) is 0.443. The summed E-state index contributed by atoms with van der Waals surface area (Å²) in [6.45, 7) is 2.83. The molecule has 2 aromatic rings. The normalized spacial score (nSPS) is 17.8. The number of benzene rings is 1. The zero-order valence-corrected chi connectivity index (χ0v) is 13.5. The number of carbonyl (C=O) groups is 1. The van der Waals surface area contributed by atoms with Crippen molar-refractivity contribution in [1.29, 1.82) is 0 Å². The highest BCUT2D eigenvalue weighted by Gasteiger charge is 2.28. The molecule has 1 atom stereocenters. The van der Waals surface area contributed by atoms with Gasteiger partial charge in [0.25, 0.3) is 5.89 Å². The third kappa shape index (κ3) is 3.53. The summed E-state index contributed by atoms with van der Waals surface area (Å²) in [4.78, 5) is 17.4. The standard InChI is InChI=1S/C16H18FN3O4/c1-10(21)20-5-6-23-14(9-20)16-18-15(19-24-16)7-11-3-4-12(22-2)8-13(11)17/h3-4,8,14H,5-7,9H2,1-2H3/t14-/m0/s1. The van der Waals surface area contributed by atoms with Crippen molar-refractivity contribution < 1.29 is 23.2 Å². The van der Waals surface area contributed by atoms with Gasteiger partial charge in [-0.25, -0.2) is 4.39 Å². The van der Waals surface area contributed by atoms with Crippen LogP contribution in [0.2, 0.25) is 0 Å².